The van der Waals surface area contributed by atoms with Crippen LogP contribution in [0, 0.1) is 0 Å². The van der Waals surface area contributed by atoms with Crippen molar-refractivity contribution in [3.05, 3.63) is 48.0 Å². The second-order valence-corrected chi connectivity index (χ2v) is 5.08. The largest absolute Gasteiger partial charge is 0.352 e. The maximum absolute atomic E-state index is 11.9. The average Bonchev–Trinajstić information content (AvgIpc) is 2.45. The molecule has 20 heavy (non-hydrogen) atoms. The maximum atomic E-state index is 11.9. The lowest BCUT2D eigenvalue weighted by atomic mass is 10.0. The van der Waals surface area contributed by atoms with E-state index >= 15 is 0 Å². The molecule has 2 N–H and O–H groups in total. The number of hydrogen-bond donors (Lipinski definition) is 2. The molecule has 0 saturated heterocycles. The first-order chi connectivity index (χ1) is 9.70. The van der Waals surface area contributed by atoms with Crippen molar-refractivity contribution in [3.63, 3.8) is 0 Å². The molecule has 0 radical (unpaired) electrons. The van der Waals surface area contributed by atoms with E-state index in [2.05, 4.69) is 34.9 Å². The Morgan fingerprint density at radius 3 is 2.70 bits per heavy atom. The Balaban J connectivity index is 1.97. The monoisotopic (exact) mass is 270 g/mol. The molecule has 1 amide bonds. The molecule has 0 spiro atoms. The van der Waals surface area contributed by atoms with Crippen LogP contribution in [0.5, 0.6) is 0 Å². The number of amides is 1. The second-order valence-electron chi connectivity index (χ2n) is 5.08. The molecule has 106 valence electrons. The van der Waals surface area contributed by atoms with E-state index in [4.69, 9.17) is 0 Å². The first-order valence-electron chi connectivity index (χ1n) is 7.17. The molecule has 3 heteroatoms. The Kier molecular flexibility index (Phi) is 5.13. The van der Waals surface area contributed by atoms with E-state index in [0.29, 0.717) is 13.0 Å². The van der Waals surface area contributed by atoms with Crippen molar-refractivity contribution in [1.82, 2.24) is 10.6 Å². The number of nitrogens with one attached hydrogen (secondary N) is 2. The Morgan fingerprint density at radius 2 is 1.90 bits per heavy atom. The summed E-state index contributed by atoms with van der Waals surface area (Å²) in [4.78, 5) is 11.9. The fraction of sp³-hybridized carbons (Fsp3) is 0.353. The average molecular weight is 270 g/mol. The molecule has 3 nitrogen and oxygen atoms in total. The fourth-order valence-electron chi connectivity index (χ4n) is 2.41. The highest BCUT2D eigenvalue weighted by Crippen LogP contribution is 2.18. The molecule has 0 aromatic heterocycles. The number of carbonyl (C=O) groups is 1. The normalized spacial score (nSPS) is 12.3. The molecule has 0 aliphatic rings. The lowest BCUT2D eigenvalue weighted by Crippen LogP contribution is -2.33. The van der Waals surface area contributed by atoms with Crippen LogP contribution in [0.15, 0.2) is 42.5 Å². The van der Waals surface area contributed by atoms with Crippen molar-refractivity contribution in [2.24, 2.45) is 0 Å². The molecule has 2 aromatic rings. The minimum atomic E-state index is 0.0892. The number of fused-ring (bicyclic) bond motifs is 1. The van der Waals surface area contributed by atoms with Crippen molar-refractivity contribution in [2.45, 2.75) is 32.9 Å². The highest BCUT2D eigenvalue weighted by atomic mass is 16.1. The van der Waals surface area contributed by atoms with Gasteiger partial charge in [0, 0.05) is 19.0 Å². The lowest BCUT2D eigenvalue weighted by Gasteiger charge is -2.13. The molecule has 2 rings (SSSR count). The zero-order chi connectivity index (χ0) is 14.4. The van der Waals surface area contributed by atoms with Crippen molar-refractivity contribution in [1.29, 1.82) is 0 Å². The number of hydrogen-bond acceptors (Lipinski definition) is 2. The van der Waals surface area contributed by atoms with Crippen molar-refractivity contribution >= 4 is 16.7 Å². The van der Waals surface area contributed by atoms with Crippen LogP contribution in [0.1, 0.15) is 25.8 Å². The van der Waals surface area contributed by atoms with E-state index in [-0.39, 0.29) is 11.9 Å². The minimum absolute atomic E-state index is 0.0892. The van der Waals surface area contributed by atoms with Crippen molar-refractivity contribution in [3.8, 4) is 0 Å². The van der Waals surface area contributed by atoms with Crippen LogP contribution in [-0.4, -0.2) is 18.5 Å². The first-order valence-corrected chi connectivity index (χ1v) is 7.17. The summed E-state index contributed by atoms with van der Waals surface area (Å²) in [7, 11) is 0. The summed E-state index contributed by atoms with van der Waals surface area (Å²) in [5.74, 6) is 0.0892. The lowest BCUT2D eigenvalue weighted by molar-refractivity contribution is -0.121. The van der Waals surface area contributed by atoms with Gasteiger partial charge >= 0.3 is 0 Å². The summed E-state index contributed by atoms with van der Waals surface area (Å²) in [5.41, 5.74) is 1.16. The van der Waals surface area contributed by atoms with E-state index in [1.807, 2.05) is 32.0 Å². The molecule has 0 heterocycles. The van der Waals surface area contributed by atoms with Gasteiger partial charge in [-0.2, -0.15) is 0 Å². The van der Waals surface area contributed by atoms with Gasteiger partial charge in [0.05, 0.1) is 0 Å². The topological polar surface area (TPSA) is 41.1 Å². The quantitative estimate of drug-likeness (QED) is 0.847. The zero-order valence-electron chi connectivity index (χ0n) is 12.1. The van der Waals surface area contributed by atoms with Gasteiger partial charge in [-0.3, -0.25) is 4.79 Å². The Bertz CT molecular complexity index is 575. The summed E-state index contributed by atoms with van der Waals surface area (Å²) < 4.78 is 0. The predicted octanol–water partition coefficient (Wildman–Crippen LogP) is 2.84. The Hall–Kier alpha value is -1.87. The molecule has 0 saturated carbocycles. The van der Waals surface area contributed by atoms with Crippen LogP contribution >= 0.6 is 0 Å². The van der Waals surface area contributed by atoms with Crippen molar-refractivity contribution in [2.75, 3.05) is 6.54 Å². The van der Waals surface area contributed by atoms with Crippen LogP contribution in [-0.2, 0) is 11.3 Å². The van der Waals surface area contributed by atoms with E-state index in [1.54, 1.807) is 0 Å². The number of carbonyl (C=O) groups excluding carboxylic acids is 1. The van der Waals surface area contributed by atoms with Crippen molar-refractivity contribution < 1.29 is 4.79 Å². The number of benzene rings is 2. The van der Waals surface area contributed by atoms with Crippen LogP contribution in [0.4, 0.5) is 0 Å². The van der Waals surface area contributed by atoms with Crippen LogP contribution in [0.2, 0.25) is 0 Å². The molecule has 1 atom stereocenters. The first kappa shape index (κ1) is 14.5. The van der Waals surface area contributed by atoms with Gasteiger partial charge in [-0.05, 0) is 29.8 Å². The van der Waals surface area contributed by atoms with Crippen LogP contribution in [0.3, 0.4) is 0 Å². The molecule has 2 aromatic carbocycles. The van der Waals surface area contributed by atoms with E-state index < -0.39 is 0 Å². The maximum Gasteiger partial charge on any atom is 0.221 e. The van der Waals surface area contributed by atoms with Crippen LogP contribution in [0.25, 0.3) is 10.8 Å². The third kappa shape index (κ3) is 3.81. The highest BCUT2D eigenvalue weighted by molar-refractivity contribution is 5.86. The second kappa shape index (κ2) is 7.06. The predicted molar refractivity (Wildman–Crippen MR) is 83.6 cm³/mol. The third-order valence-electron chi connectivity index (χ3n) is 3.40. The van der Waals surface area contributed by atoms with Gasteiger partial charge in [0.25, 0.3) is 0 Å². The smallest absolute Gasteiger partial charge is 0.221 e. The van der Waals surface area contributed by atoms with Gasteiger partial charge in [0.15, 0.2) is 0 Å². The van der Waals surface area contributed by atoms with Gasteiger partial charge in [0.1, 0.15) is 0 Å². The number of rotatable bonds is 6. The van der Waals surface area contributed by atoms with Gasteiger partial charge in [-0.25, -0.2) is 0 Å². The zero-order valence-corrected chi connectivity index (χ0v) is 12.1. The molecule has 0 bridgehead atoms. The van der Waals surface area contributed by atoms with Gasteiger partial charge in [-0.1, -0.05) is 49.4 Å². The molecular formula is C17H22N2O. The third-order valence-corrected chi connectivity index (χ3v) is 3.40. The Morgan fingerprint density at radius 1 is 1.15 bits per heavy atom. The molecule has 0 aliphatic carbocycles. The van der Waals surface area contributed by atoms with Crippen LogP contribution < -0.4 is 10.6 Å². The van der Waals surface area contributed by atoms with E-state index in [9.17, 15) is 4.79 Å². The molecule has 0 fully saturated rings. The van der Waals surface area contributed by atoms with E-state index in [1.165, 1.54) is 10.8 Å². The SMILES string of the molecule is CCNC(C)CC(=O)NCc1cccc2ccccc12. The standard InChI is InChI=1S/C17H22N2O/c1-3-18-13(2)11-17(20)19-12-15-9-6-8-14-7-4-5-10-16(14)15/h4-10,13,18H,3,11-12H2,1-2H3,(H,19,20). The van der Waals surface area contributed by atoms with Gasteiger partial charge in [0.2, 0.25) is 5.91 Å². The van der Waals surface area contributed by atoms with Gasteiger partial charge in [-0.15, -0.1) is 0 Å². The minimum Gasteiger partial charge on any atom is -0.352 e. The summed E-state index contributed by atoms with van der Waals surface area (Å²) >= 11 is 0. The summed E-state index contributed by atoms with van der Waals surface area (Å²) in [6.07, 6.45) is 0.513. The Labute approximate surface area is 120 Å². The molecule has 1 unspecified atom stereocenters. The summed E-state index contributed by atoms with van der Waals surface area (Å²) in [6.45, 7) is 5.54. The highest BCUT2D eigenvalue weighted by Gasteiger charge is 2.08. The van der Waals surface area contributed by atoms with Gasteiger partial charge < -0.3 is 10.6 Å². The molecular weight excluding hydrogens is 248 g/mol. The summed E-state index contributed by atoms with van der Waals surface area (Å²) in [5, 5.41) is 8.66. The molecule has 0 aliphatic heterocycles. The summed E-state index contributed by atoms with van der Waals surface area (Å²) in [6, 6.07) is 14.7. The fourth-order valence-corrected chi connectivity index (χ4v) is 2.41. The van der Waals surface area contributed by atoms with E-state index in [0.717, 1.165) is 12.1 Å².